The maximum Gasteiger partial charge on any atom is 0.244 e. The van der Waals surface area contributed by atoms with Gasteiger partial charge in [0.15, 0.2) is 0 Å². The van der Waals surface area contributed by atoms with Gasteiger partial charge in [-0.05, 0) is 50.1 Å². The van der Waals surface area contributed by atoms with Gasteiger partial charge in [-0.15, -0.1) is 0 Å². The van der Waals surface area contributed by atoms with Crippen LogP contribution in [0.25, 0.3) is 0 Å². The fourth-order valence-electron chi connectivity index (χ4n) is 2.01. The predicted molar refractivity (Wildman–Crippen MR) is 81.4 cm³/mol. The monoisotopic (exact) mass is 320 g/mol. The molecule has 0 aliphatic heterocycles. The molecule has 19 heavy (non-hydrogen) atoms. The van der Waals surface area contributed by atoms with Gasteiger partial charge in [-0.3, -0.25) is 4.79 Å². The second-order valence-corrected chi connectivity index (χ2v) is 5.62. The van der Waals surface area contributed by atoms with Crippen molar-refractivity contribution in [3.63, 3.8) is 0 Å². The molecule has 0 bridgehead atoms. The molecule has 1 aromatic heterocycles. The Labute approximate surface area is 121 Å². The van der Waals surface area contributed by atoms with Crippen molar-refractivity contribution >= 4 is 27.5 Å². The highest BCUT2D eigenvalue weighted by molar-refractivity contribution is 9.10. The highest BCUT2D eigenvalue weighted by atomic mass is 79.9. The van der Waals surface area contributed by atoms with Crippen molar-refractivity contribution in [3.05, 3.63) is 51.8 Å². The zero-order valence-corrected chi connectivity index (χ0v) is 12.9. The van der Waals surface area contributed by atoms with Crippen LogP contribution >= 0.6 is 15.9 Å². The third-order valence-electron chi connectivity index (χ3n) is 3.34. The molecule has 0 aliphatic rings. The number of hydrogen-bond acceptors (Lipinski definition) is 1. The van der Waals surface area contributed by atoms with Gasteiger partial charge in [-0.2, -0.15) is 0 Å². The quantitative estimate of drug-likeness (QED) is 0.916. The van der Waals surface area contributed by atoms with E-state index < -0.39 is 0 Å². The van der Waals surface area contributed by atoms with Crippen LogP contribution < -0.4 is 5.32 Å². The van der Waals surface area contributed by atoms with E-state index in [2.05, 4.69) is 35.1 Å². The molecule has 0 spiro atoms. The number of benzene rings is 1. The van der Waals surface area contributed by atoms with Crippen LogP contribution in [0.15, 0.2) is 34.9 Å². The van der Waals surface area contributed by atoms with Gasteiger partial charge in [0.1, 0.15) is 6.54 Å². The van der Waals surface area contributed by atoms with E-state index in [-0.39, 0.29) is 5.91 Å². The highest BCUT2D eigenvalue weighted by Gasteiger charge is 2.09. The first-order valence-corrected chi connectivity index (χ1v) is 6.95. The van der Waals surface area contributed by atoms with Gasteiger partial charge in [0.05, 0.1) is 0 Å². The Hall–Kier alpha value is -1.55. The number of hydrogen-bond donors (Lipinski definition) is 1. The fourth-order valence-corrected chi connectivity index (χ4v) is 2.41. The first kappa shape index (κ1) is 13.9. The summed E-state index contributed by atoms with van der Waals surface area (Å²) in [4.78, 5) is 12.0. The maximum absolute atomic E-state index is 12.0. The van der Waals surface area contributed by atoms with Crippen LogP contribution in [0.3, 0.4) is 0 Å². The van der Waals surface area contributed by atoms with Crippen molar-refractivity contribution in [3.8, 4) is 0 Å². The number of aryl methyl sites for hydroxylation is 1. The lowest BCUT2D eigenvalue weighted by molar-refractivity contribution is -0.116. The number of amides is 1. The number of halogens is 1. The summed E-state index contributed by atoms with van der Waals surface area (Å²) in [5.74, 6) is -0.0174. The molecule has 2 aromatic rings. The zero-order valence-electron chi connectivity index (χ0n) is 11.3. The number of aromatic nitrogens is 1. The minimum Gasteiger partial charge on any atom is -0.342 e. The van der Waals surface area contributed by atoms with Crippen LogP contribution in [-0.4, -0.2) is 10.5 Å². The minimum atomic E-state index is -0.0174. The lowest BCUT2D eigenvalue weighted by Gasteiger charge is -2.08. The molecule has 0 radical (unpaired) electrons. The number of nitrogens with one attached hydrogen (secondary N) is 1. The largest absolute Gasteiger partial charge is 0.342 e. The molecular formula is C15H17BrN2O. The van der Waals surface area contributed by atoms with E-state index in [9.17, 15) is 4.79 Å². The summed E-state index contributed by atoms with van der Waals surface area (Å²) in [5.41, 5.74) is 4.41. The van der Waals surface area contributed by atoms with E-state index in [0.29, 0.717) is 6.54 Å². The average Bonchev–Trinajstić information content (AvgIpc) is 2.57. The van der Waals surface area contributed by atoms with Crippen molar-refractivity contribution in [1.29, 1.82) is 0 Å². The molecule has 0 saturated carbocycles. The van der Waals surface area contributed by atoms with Gasteiger partial charge in [0, 0.05) is 22.1 Å². The van der Waals surface area contributed by atoms with E-state index in [1.54, 1.807) is 0 Å². The normalized spacial score (nSPS) is 10.5. The van der Waals surface area contributed by atoms with Gasteiger partial charge in [-0.1, -0.05) is 22.0 Å². The lowest BCUT2D eigenvalue weighted by atomic mass is 10.2. The molecule has 1 N–H and O–H groups in total. The van der Waals surface area contributed by atoms with Gasteiger partial charge < -0.3 is 9.88 Å². The van der Waals surface area contributed by atoms with E-state index >= 15 is 0 Å². The van der Waals surface area contributed by atoms with Crippen LogP contribution in [0.5, 0.6) is 0 Å². The van der Waals surface area contributed by atoms with Crippen molar-refractivity contribution < 1.29 is 4.79 Å². The Morgan fingerprint density at radius 2 is 2.05 bits per heavy atom. The Balaban J connectivity index is 2.07. The second-order valence-electron chi connectivity index (χ2n) is 4.71. The molecule has 100 valence electrons. The van der Waals surface area contributed by atoms with Crippen LogP contribution in [0.1, 0.15) is 16.8 Å². The van der Waals surface area contributed by atoms with E-state index in [1.165, 1.54) is 11.1 Å². The molecule has 0 aliphatic carbocycles. The highest BCUT2D eigenvalue weighted by Crippen LogP contribution is 2.17. The van der Waals surface area contributed by atoms with Crippen LogP contribution in [0.4, 0.5) is 5.69 Å². The van der Waals surface area contributed by atoms with E-state index in [0.717, 1.165) is 15.9 Å². The molecule has 2 rings (SSSR count). The molecule has 1 aromatic carbocycles. The predicted octanol–water partition coefficient (Wildman–Crippen LogP) is 3.81. The summed E-state index contributed by atoms with van der Waals surface area (Å²) in [5, 5.41) is 2.90. The summed E-state index contributed by atoms with van der Waals surface area (Å²) in [6, 6.07) is 7.59. The van der Waals surface area contributed by atoms with Crippen molar-refractivity contribution in [2.75, 3.05) is 5.32 Å². The first-order chi connectivity index (χ1) is 8.97. The first-order valence-electron chi connectivity index (χ1n) is 6.15. The zero-order chi connectivity index (χ0) is 14.0. The third kappa shape index (κ3) is 3.26. The summed E-state index contributed by atoms with van der Waals surface area (Å²) in [7, 11) is 0. The Kier molecular flexibility index (Phi) is 4.10. The fraction of sp³-hybridized carbons (Fsp3) is 0.267. The molecule has 0 unspecified atom stereocenters. The molecule has 0 fully saturated rings. The summed E-state index contributed by atoms with van der Waals surface area (Å²) >= 11 is 3.39. The molecule has 3 nitrogen and oxygen atoms in total. The molecule has 0 atom stereocenters. The van der Waals surface area contributed by atoms with Crippen LogP contribution in [0.2, 0.25) is 0 Å². The topological polar surface area (TPSA) is 34.0 Å². The molecule has 1 heterocycles. The van der Waals surface area contributed by atoms with E-state index in [1.807, 2.05) is 42.0 Å². The SMILES string of the molecule is Cc1cn(CC(=O)Nc2cccc(Br)c2)c(C)c1C. The Bertz CT molecular complexity index is 617. The summed E-state index contributed by atoms with van der Waals surface area (Å²) in [6.45, 7) is 6.51. The smallest absolute Gasteiger partial charge is 0.244 e. The van der Waals surface area contributed by atoms with Crippen molar-refractivity contribution in [2.45, 2.75) is 27.3 Å². The number of carbonyl (C=O) groups excluding carboxylic acids is 1. The average molecular weight is 321 g/mol. The van der Waals surface area contributed by atoms with Gasteiger partial charge >= 0.3 is 0 Å². The minimum absolute atomic E-state index is 0.0174. The van der Waals surface area contributed by atoms with Gasteiger partial charge in [0.25, 0.3) is 0 Å². The molecule has 1 amide bonds. The Morgan fingerprint density at radius 3 is 2.63 bits per heavy atom. The number of carbonyl (C=O) groups is 1. The molecular weight excluding hydrogens is 304 g/mol. The second kappa shape index (κ2) is 5.61. The molecule has 4 heteroatoms. The van der Waals surface area contributed by atoms with Crippen molar-refractivity contribution in [1.82, 2.24) is 4.57 Å². The van der Waals surface area contributed by atoms with Gasteiger partial charge in [-0.25, -0.2) is 0 Å². The summed E-state index contributed by atoms with van der Waals surface area (Å²) < 4.78 is 2.94. The number of nitrogens with zero attached hydrogens (tertiary/aromatic N) is 1. The summed E-state index contributed by atoms with van der Waals surface area (Å²) in [6.07, 6.45) is 2.02. The number of anilines is 1. The Morgan fingerprint density at radius 1 is 1.32 bits per heavy atom. The van der Waals surface area contributed by atoms with Crippen LogP contribution in [0, 0.1) is 20.8 Å². The number of rotatable bonds is 3. The molecule has 0 saturated heterocycles. The van der Waals surface area contributed by atoms with Gasteiger partial charge in [0.2, 0.25) is 5.91 Å². The lowest BCUT2D eigenvalue weighted by Crippen LogP contribution is -2.19. The van der Waals surface area contributed by atoms with Crippen LogP contribution in [-0.2, 0) is 11.3 Å². The van der Waals surface area contributed by atoms with E-state index in [4.69, 9.17) is 0 Å². The third-order valence-corrected chi connectivity index (χ3v) is 3.83. The maximum atomic E-state index is 12.0. The van der Waals surface area contributed by atoms with Crippen molar-refractivity contribution in [2.24, 2.45) is 0 Å². The standard InChI is InChI=1S/C15H17BrN2O/c1-10-8-18(12(3)11(10)2)9-15(19)17-14-6-4-5-13(16)7-14/h4-8H,9H2,1-3H3,(H,17,19).